The summed E-state index contributed by atoms with van der Waals surface area (Å²) in [5.74, 6) is 0.678. The van der Waals surface area contributed by atoms with Crippen molar-refractivity contribution in [2.75, 3.05) is 24.2 Å². The summed E-state index contributed by atoms with van der Waals surface area (Å²) in [6.07, 6.45) is 0. The van der Waals surface area contributed by atoms with Crippen LogP contribution in [-0.4, -0.2) is 52.2 Å². The summed E-state index contributed by atoms with van der Waals surface area (Å²) in [6, 6.07) is 8.90. The van der Waals surface area contributed by atoms with E-state index in [9.17, 15) is 13.2 Å². The fourth-order valence-electron chi connectivity index (χ4n) is 3.25. The van der Waals surface area contributed by atoms with E-state index in [2.05, 4.69) is 15.5 Å². The maximum absolute atomic E-state index is 12.9. The van der Waals surface area contributed by atoms with Crippen LogP contribution in [-0.2, 0) is 21.4 Å². The molecule has 2 heterocycles. The van der Waals surface area contributed by atoms with Crippen LogP contribution >= 0.6 is 23.1 Å². The van der Waals surface area contributed by atoms with Gasteiger partial charge in [0.25, 0.3) is 0 Å². The molecule has 0 unspecified atom stereocenters. The van der Waals surface area contributed by atoms with Crippen molar-refractivity contribution in [2.24, 2.45) is 0 Å². The Morgan fingerprint density at radius 1 is 1.19 bits per heavy atom. The molecule has 0 atom stereocenters. The molecule has 2 aromatic heterocycles. The molecule has 0 aliphatic rings. The van der Waals surface area contributed by atoms with Gasteiger partial charge < -0.3 is 9.88 Å². The highest BCUT2D eigenvalue weighted by molar-refractivity contribution is 7.99. The minimum atomic E-state index is -3.62. The van der Waals surface area contributed by atoms with Crippen molar-refractivity contribution >= 4 is 44.7 Å². The smallest absolute Gasteiger partial charge is 0.243 e. The average molecular weight is 494 g/mol. The number of rotatable bonds is 10. The molecule has 0 saturated heterocycles. The van der Waals surface area contributed by atoms with Crippen molar-refractivity contribution in [3.05, 3.63) is 41.3 Å². The van der Waals surface area contributed by atoms with Gasteiger partial charge >= 0.3 is 0 Å². The van der Waals surface area contributed by atoms with Gasteiger partial charge in [-0.15, -0.1) is 21.5 Å². The number of aryl methyl sites for hydroxylation is 1. The van der Waals surface area contributed by atoms with Crippen molar-refractivity contribution in [1.82, 2.24) is 19.1 Å². The second-order valence-electron chi connectivity index (χ2n) is 6.93. The molecule has 0 fully saturated rings. The van der Waals surface area contributed by atoms with E-state index in [4.69, 9.17) is 0 Å². The average Bonchev–Trinajstić information content (AvgIpc) is 3.43. The molecule has 8 nitrogen and oxygen atoms in total. The largest absolute Gasteiger partial charge is 0.325 e. The van der Waals surface area contributed by atoms with Crippen LogP contribution in [0.3, 0.4) is 0 Å². The van der Waals surface area contributed by atoms with Gasteiger partial charge in [0.1, 0.15) is 0 Å². The monoisotopic (exact) mass is 493 g/mol. The van der Waals surface area contributed by atoms with Crippen LogP contribution < -0.4 is 5.32 Å². The lowest BCUT2D eigenvalue weighted by Gasteiger charge is -2.20. The number of anilines is 1. The third-order valence-electron chi connectivity index (χ3n) is 4.90. The van der Waals surface area contributed by atoms with Crippen molar-refractivity contribution in [2.45, 2.75) is 44.3 Å². The van der Waals surface area contributed by atoms with Crippen LogP contribution in [0.5, 0.6) is 0 Å². The number of aromatic nitrogens is 3. The molecule has 1 aromatic carbocycles. The van der Waals surface area contributed by atoms with E-state index in [0.29, 0.717) is 36.0 Å². The van der Waals surface area contributed by atoms with Crippen LogP contribution in [0.2, 0.25) is 0 Å². The molecule has 0 spiro atoms. The van der Waals surface area contributed by atoms with Gasteiger partial charge in [-0.05, 0) is 43.0 Å². The van der Waals surface area contributed by atoms with Gasteiger partial charge in [-0.1, -0.05) is 37.7 Å². The van der Waals surface area contributed by atoms with Gasteiger partial charge in [-0.3, -0.25) is 4.79 Å². The lowest BCUT2D eigenvalue weighted by molar-refractivity contribution is -0.113. The Hall–Kier alpha value is -2.21. The number of carbonyl (C=O) groups is 1. The molecule has 32 heavy (non-hydrogen) atoms. The first-order valence-corrected chi connectivity index (χ1v) is 13.6. The number of nitrogens with one attached hydrogen (secondary N) is 1. The van der Waals surface area contributed by atoms with E-state index in [-0.39, 0.29) is 16.6 Å². The summed E-state index contributed by atoms with van der Waals surface area (Å²) >= 11 is 2.89. The van der Waals surface area contributed by atoms with Crippen molar-refractivity contribution in [3.8, 4) is 10.7 Å². The SMILES string of the molecule is CCN(CC)S(=O)(=O)c1cc(NC(=O)CSc2nnc(-c3cccs3)n2CC)ccc1C. The minimum absolute atomic E-state index is 0.134. The number of nitrogens with zero attached hydrogens (tertiary/aromatic N) is 4. The first kappa shape index (κ1) is 24.4. The topological polar surface area (TPSA) is 97.2 Å². The first-order valence-electron chi connectivity index (χ1n) is 10.3. The molecule has 172 valence electrons. The number of carbonyl (C=O) groups excluding carboxylic acids is 1. The highest BCUT2D eigenvalue weighted by atomic mass is 32.2. The molecule has 0 bridgehead atoms. The van der Waals surface area contributed by atoms with Gasteiger partial charge in [-0.2, -0.15) is 4.31 Å². The third kappa shape index (κ3) is 5.22. The van der Waals surface area contributed by atoms with E-state index in [1.54, 1.807) is 44.2 Å². The molecule has 0 saturated carbocycles. The predicted octanol–water partition coefficient (Wildman–Crippen LogP) is 4.10. The van der Waals surface area contributed by atoms with Gasteiger partial charge in [0.15, 0.2) is 11.0 Å². The second-order valence-corrected chi connectivity index (χ2v) is 10.7. The summed E-state index contributed by atoms with van der Waals surface area (Å²) in [4.78, 5) is 13.8. The number of hydrogen-bond donors (Lipinski definition) is 1. The lowest BCUT2D eigenvalue weighted by Crippen LogP contribution is -2.31. The van der Waals surface area contributed by atoms with E-state index in [0.717, 1.165) is 10.7 Å². The predicted molar refractivity (Wildman–Crippen MR) is 130 cm³/mol. The summed E-state index contributed by atoms with van der Waals surface area (Å²) < 4.78 is 29.2. The molecular weight excluding hydrogens is 466 g/mol. The standard InChI is InChI=1S/C21H27N5O3S3/c1-5-25(6-2)32(28,29)18-13-16(11-10-15(18)4)22-19(27)14-31-21-24-23-20(26(21)7-3)17-9-8-12-30-17/h8-13H,5-7,14H2,1-4H3,(H,22,27). The van der Waals surface area contributed by atoms with Gasteiger partial charge in [-0.25, -0.2) is 8.42 Å². The lowest BCUT2D eigenvalue weighted by atomic mass is 10.2. The Bertz CT molecular complexity index is 1170. The summed E-state index contributed by atoms with van der Waals surface area (Å²) in [5, 5.41) is 14.0. The van der Waals surface area contributed by atoms with Crippen molar-refractivity contribution < 1.29 is 13.2 Å². The highest BCUT2D eigenvalue weighted by Gasteiger charge is 2.24. The molecule has 11 heteroatoms. The number of amides is 1. The summed E-state index contributed by atoms with van der Waals surface area (Å²) in [5.41, 5.74) is 1.09. The Morgan fingerprint density at radius 3 is 2.56 bits per heavy atom. The first-order chi connectivity index (χ1) is 15.3. The summed E-state index contributed by atoms with van der Waals surface area (Å²) in [6.45, 7) is 8.83. The van der Waals surface area contributed by atoms with Crippen LogP contribution in [0, 0.1) is 6.92 Å². The normalized spacial score (nSPS) is 11.8. The molecule has 3 rings (SSSR count). The van der Waals surface area contributed by atoms with Gasteiger partial charge in [0, 0.05) is 25.3 Å². The van der Waals surface area contributed by atoms with E-state index in [1.807, 2.05) is 29.0 Å². The maximum Gasteiger partial charge on any atom is 0.243 e. The molecular formula is C21H27N5O3S3. The maximum atomic E-state index is 12.9. The Kier molecular flexibility index (Phi) is 8.10. The zero-order valence-electron chi connectivity index (χ0n) is 18.5. The summed E-state index contributed by atoms with van der Waals surface area (Å²) in [7, 11) is -3.62. The third-order valence-corrected chi connectivity index (χ3v) is 8.93. The molecule has 0 aliphatic heterocycles. The number of thioether (sulfide) groups is 1. The second kappa shape index (κ2) is 10.6. The fraction of sp³-hybridized carbons (Fsp3) is 0.381. The van der Waals surface area contributed by atoms with Gasteiger partial charge in [0.2, 0.25) is 15.9 Å². The van der Waals surface area contributed by atoms with Crippen LogP contribution in [0.1, 0.15) is 26.3 Å². The Balaban J connectivity index is 1.71. The molecule has 0 radical (unpaired) electrons. The van der Waals surface area contributed by atoms with E-state index in [1.165, 1.54) is 22.1 Å². The van der Waals surface area contributed by atoms with Crippen molar-refractivity contribution in [1.29, 1.82) is 0 Å². The van der Waals surface area contributed by atoms with E-state index >= 15 is 0 Å². The quantitative estimate of drug-likeness (QED) is 0.427. The Labute approximate surface area is 197 Å². The molecule has 0 aliphatic carbocycles. The minimum Gasteiger partial charge on any atom is -0.325 e. The number of sulfonamides is 1. The van der Waals surface area contributed by atoms with Gasteiger partial charge in [0.05, 0.1) is 15.5 Å². The number of thiophene rings is 1. The number of hydrogen-bond acceptors (Lipinski definition) is 7. The molecule has 3 aromatic rings. The fourth-order valence-corrected chi connectivity index (χ4v) is 6.48. The zero-order valence-corrected chi connectivity index (χ0v) is 21.0. The van der Waals surface area contributed by atoms with E-state index < -0.39 is 10.0 Å². The molecule has 1 amide bonds. The van der Waals surface area contributed by atoms with Crippen LogP contribution in [0.4, 0.5) is 5.69 Å². The Morgan fingerprint density at radius 2 is 1.94 bits per heavy atom. The van der Waals surface area contributed by atoms with Crippen LogP contribution in [0.25, 0.3) is 10.7 Å². The number of benzene rings is 1. The van der Waals surface area contributed by atoms with Crippen molar-refractivity contribution in [3.63, 3.8) is 0 Å². The molecule has 1 N–H and O–H groups in total. The highest BCUT2D eigenvalue weighted by Crippen LogP contribution is 2.28. The van der Waals surface area contributed by atoms with Crippen LogP contribution in [0.15, 0.2) is 45.8 Å². The zero-order chi connectivity index (χ0) is 23.3.